The van der Waals surface area contributed by atoms with Crippen molar-refractivity contribution >= 4 is 17.6 Å². The molecule has 0 radical (unpaired) electrons. The van der Waals surface area contributed by atoms with Gasteiger partial charge in [-0.1, -0.05) is 18.2 Å². The molecule has 3 N–H and O–H groups in total. The Morgan fingerprint density at radius 2 is 1.88 bits per heavy atom. The molecule has 1 atom stereocenters. The van der Waals surface area contributed by atoms with Gasteiger partial charge in [0.1, 0.15) is 6.04 Å². The third kappa shape index (κ3) is 5.09. The molecule has 3 amide bonds. The lowest BCUT2D eigenvalue weighted by atomic mass is 10.2. The van der Waals surface area contributed by atoms with Crippen LogP contribution in [0.1, 0.15) is 12.8 Å². The fourth-order valence-corrected chi connectivity index (χ4v) is 3.28. The molecule has 2 aliphatic heterocycles. The van der Waals surface area contributed by atoms with Crippen molar-refractivity contribution in [1.82, 2.24) is 20.9 Å². The first-order valence-corrected chi connectivity index (χ1v) is 9.07. The van der Waals surface area contributed by atoms with Gasteiger partial charge >= 0.3 is 6.03 Å². The number of carbonyl (C=O) groups excluding carboxylic acids is 2. The van der Waals surface area contributed by atoms with E-state index < -0.39 is 6.04 Å². The predicted molar refractivity (Wildman–Crippen MR) is 97.7 cm³/mol. The van der Waals surface area contributed by atoms with Crippen LogP contribution in [0.5, 0.6) is 0 Å². The molecule has 2 fully saturated rings. The van der Waals surface area contributed by atoms with Crippen molar-refractivity contribution in [2.24, 2.45) is 0 Å². The summed E-state index contributed by atoms with van der Waals surface area (Å²) in [4.78, 5) is 27.8. The van der Waals surface area contributed by atoms with Gasteiger partial charge < -0.3 is 20.9 Å². The lowest BCUT2D eigenvalue weighted by Gasteiger charge is -2.36. The van der Waals surface area contributed by atoms with E-state index in [1.54, 1.807) is 0 Å². The number of hydrogen-bond donors (Lipinski definition) is 3. The lowest BCUT2D eigenvalue weighted by molar-refractivity contribution is -0.122. The summed E-state index contributed by atoms with van der Waals surface area (Å²) < 4.78 is 0. The highest BCUT2D eigenvalue weighted by atomic mass is 16.2. The molecule has 3 rings (SSSR count). The maximum Gasteiger partial charge on any atom is 0.315 e. The maximum atomic E-state index is 11.8. The number of hydrogen-bond acceptors (Lipinski definition) is 4. The van der Waals surface area contributed by atoms with Crippen LogP contribution in [0, 0.1) is 0 Å². The second-order valence-electron chi connectivity index (χ2n) is 6.57. The highest BCUT2D eigenvalue weighted by Gasteiger charge is 2.26. The van der Waals surface area contributed by atoms with Crippen molar-refractivity contribution in [2.45, 2.75) is 18.9 Å². The minimum absolute atomic E-state index is 0.102. The van der Waals surface area contributed by atoms with Crippen molar-refractivity contribution in [1.29, 1.82) is 0 Å². The first kappa shape index (κ1) is 17.5. The Hall–Kier alpha value is -2.28. The SMILES string of the molecule is O=C1NC[C@H](C(=O)NCCCCN2CCN(c3ccccc3)CC2)N1. The summed E-state index contributed by atoms with van der Waals surface area (Å²) in [5, 5.41) is 8.07. The largest absolute Gasteiger partial charge is 0.369 e. The van der Waals surface area contributed by atoms with Crippen LogP contribution in [0.3, 0.4) is 0 Å². The van der Waals surface area contributed by atoms with E-state index in [1.165, 1.54) is 5.69 Å². The van der Waals surface area contributed by atoms with E-state index in [1.807, 2.05) is 0 Å². The molecule has 0 saturated carbocycles. The van der Waals surface area contributed by atoms with E-state index >= 15 is 0 Å². The van der Waals surface area contributed by atoms with Gasteiger partial charge in [-0.15, -0.1) is 0 Å². The summed E-state index contributed by atoms with van der Waals surface area (Å²) in [5.74, 6) is -0.102. The van der Waals surface area contributed by atoms with Crippen LogP contribution in [0.15, 0.2) is 30.3 Å². The Balaban J connectivity index is 1.25. The van der Waals surface area contributed by atoms with Crippen molar-refractivity contribution in [3.05, 3.63) is 30.3 Å². The normalized spacial score (nSPS) is 20.9. The van der Waals surface area contributed by atoms with Gasteiger partial charge in [-0.25, -0.2) is 4.79 Å². The van der Waals surface area contributed by atoms with Crippen molar-refractivity contribution in [3.8, 4) is 0 Å². The topological polar surface area (TPSA) is 76.7 Å². The molecule has 136 valence electrons. The summed E-state index contributed by atoms with van der Waals surface area (Å²) >= 11 is 0. The standard InChI is InChI=1S/C18H27N5O2/c24-17(16-14-20-18(25)21-16)19-8-4-5-9-22-10-12-23(13-11-22)15-6-2-1-3-7-15/h1-3,6-7,16H,4-5,8-14H2,(H,19,24)(H2,20,21,25)/t16-/m1/s1. The molecule has 0 spiro atoms. The lowest BCUT2D eigenvalue weighted by Crippen LogP contribution is -2.46. The molecule has 0 aliphatic carbocycles. The second kappa shape index (κ2) is 8.71. The number of nitrogens with one attached hydrogen (secondary N) is 3. The number of benzene rings is 1. The van der Waals surface area contributed by atoms with Crippen molar-refractivity contribution < 1.29 is 9.59 Å². The molecule has 2 saturated heterocycles. The van der Waals surface area contributed by atoms with Crippen LogP contribution >= 0.6 is 0 Å². The number of para-hydroxylation sites is 1. The maximum absolute atomic E-state index is 11.8. The Bertz CT molecular complexity index is 572. The molecule has 2 aliphatic rings. The van der Waals surface area contributed by atoms with Gasteiger partial charge in [-0.2, -0.15) is 0 Å². The van der Waals surface area contributed by atoms with Gasteiger partial charge in [0.15, 0.2) is 0 Å². The number of nitrogens with zero attached hydrogens (tertiary/aromatic N) is 2. The second-order valence-corrected chi connectivity index (χ2v) is 6.57. The van der Waals surface area contributed by atoms with E-state index in [4.69, 9.17) is 0 Å². The third-order valence-electron chi connectivity index (χ3n) is 4.78. The number of urea groups is 1. The van der Waals surface area contributed by atoms with Crippen molar-refractivity contribution in [2.75, 3.05) is 50.7 Å². The van der Waals surface area contributed by atoms with Crippen LogP contribution in [-0.4, -0.2) is 68.7 Å². The number of anilines is 1. The highest BCUT2D eigenvalue weighted by Crippen LogP contribution is 2.15. The zero-order valence-electron chi connectivity index (χ0n) is 14.5. The average Bonchev–Trinajstić information content (AvgIpc) is 3.09. The summed E-state index contributed by atoms with van der Waals surface area (Å²) in [6, 6.07) is 9.86. The number of piperazine rings is 1. The number of carbonyl (C=O) groups is 2. The predicted octanol–water partition coefficient (Wildman–Crippen LogP) is 0.386. The van der Waals surface area contributed by atoms with Gasteiger partial charge in [0.05, 0.1) is 0 Å². The van der Waals surface area contributed by atoms with Crippen LogP contribution in [0.2, 0.25) is 0 Å². The Kier molecular flexibility index (Phi) is 6.11. The van der Waals surface area contributed by atoms with Crippen LogP contribution in [-0.2, 0) is 4.79 Å². The van der Waals surface area contributed by atoms with Gasteiger partial charge in [-0.05, 0) is 31.5 Å². The molecule has 1 aromatic carbocycles. The zero-order chi connectivity index (χ0) is 17.5. The van der Waals surface area contributed by atoms with E-state index in [0.717, 1.165) is 45.6 Å². The van der Waals surface area contributed by atoms with E-state index in [2.05, 4.69) is 56.1 Å². The zero-order valence-corrected chi connectivity index (χ0v) is 14.5. The minimum Gasteiger partial charge on any atom is -0.369 e. The number of rotatable bonds is 7. The van der Waals surface area contributed by atoms with E-state index in [9.17, 15) is 9.59 Å². The Labute approximate surface area is 148 Å². The summed E-state index contributed by atoms with van der Waals surface area (Å²) in [7, 11) is 0. The molecule has 7 nitrogen and oxygen atoms in total. The van der Waals surface area contributed by atoms with Gasteiger partial charge in [0, 0.05) is 45.0 Å². The van der Waals surface area contributed by atoms with Gasteiger partial charge in [0.25, 0.3) is 0 Å². The van der Waals surface area contributed by atoms with Gasteiger partial charge in [-0.3, -0.25) is 9.69 Å². The van der Waals surface area contributed by atoms with Crippen molar-refractivity contribution in [3.63, 3.8) is 0 Å². The van der Waals surface area contributed by atoms with E-state index in [-0.39, 0.29) is 11.9 Å². The molecule has 0 unspecified atom stereocenters. The molecule has 25 heavy (non-hydrogen) atoms. The molecule has 7 heteroatoms. The first-order valence-electron chi connectivity index (χ1n) is 9.07. The Morgan fingerprint density at radius 3 is 2.56 bits per heavy atom. The molecule has 0 aromatic heterocycles. The average molecular weight is 345 g/mol. The smallest absolute Gasteiger partial charge is 0.315 e. The van der Waals surface area contributed by atoms with Crippen LogP contribution in [0.4, 0.5) is 10.5 Å². The molecule has 2 heterocycles. The molecule has 1 aromatic rings. The summed E-state index contributed by atoms with van der Waals surface area (Å²) in [5.41, 5.74) is 1.30. The van der Waals surface area contributed by atoms with Crippen LogP contribution in [0.25, 0.3) is 0 Å². The quantitative estimate of drug-likeness (QED) is 0.625. The molecule has 0 bridgehead atoms. The molecular formula is C18H27N5O2. The van der Waals surface area contributed by atoms with E-state index in [0.29, 0.717) is 13.1 Å². The van der Waals surface area contributed by atoms with Crippen LogP contribution < -0.4 is 20.9 Å². The summed E-state index contributed by atoms with van der Waals surface area (Å²) in [6.07, 6.45) is 2.03. The van der Waals surface area contributed by atoms with Gasteiger partial charge in [0.2, 0.25) is 5.91 Å². The highest BCUT2D eigenvalue weighted by molar-refractivity contribution is 5.90. The molecular weight excluding hydrogens is 318 g/mol. The Morgan fingerprint density at radius 1 is 1.12 bits per heavy atom. The first-order chi connectivity index (χ1) is 12.2. The number of unbranched alkanes of at least 4 members (excludes halogenated alkanes) is 1. The fraction of sp³-hybridized carbons (Fsp3) is 0.556. The number of amides is 3. The fourth-order valence-electron chi connectivity index (χ4n) is 3.28. The summed E-state index contributed by atoms with van der Waals surface area (Å²) in [6.45, 7) is 6.40. The minimum atomic E-state index is -0.432. The third-order valence-corrected chi connectivity index (χ3v) is 4.78. The monoisotopic (exact) mass is 345 g/mol.